The number of anilines is 1. The van der Waals surface area contributed by atoms with Gasteiger partial charge in [-0.1, -0.05) is 37.6 Å². The van der Waals surface area contributed by atoms with E-state index in [2.05, 4.69) is 54.4 Å². The molecule has 0 aliphatic heterocycles. The molecule has 30 heavy (non-hydrogen) atoms. The number of benzene rings is 1. The third-order valence-electron chi connectivity index (χ3n) is 9.56. The van der Waals surface area contributed by atoms with Crippen LogP contribution in [0.25, 0.3) is 16.5 Å². The number of hydrogen-bond acceptors (Lipinski definition) is 3. The monoisotopic (exact) mass is 403 g/mol. The Bertz CT molecular complexity index is 1080. The Labute approximate surface area is 178 Å². The first-order valence-electron chi connectivity index (χ1n) is 11.7. The van der Waals surface area contributed by atoms with Gasteiger partial charge in [-0.3, -0.25) is 5.10 Å². The van der Waals surface area contributed by atoms with Gasteiger partial charge in [-0.2, -0.15) is 5.10 Å². The number of H-pyrrole nitrogens is 1. The summed E-state index contributed by atoms with van der Waals surface area (Å²) >= 11 is 0. The van der Waals surface area contributed by atoms with Gasteiger partial charge in [0.25, 0.3) is 0 Å². The van der Waals surface area contributed by atoms with Gasteiger partial charge in [0, 0.05) is 5.39 Å². The predicted molar refractivity (Wildman–Crippen MR) is 122 cm³/mol. The lowest BCUT2D eigenvalue weighted by Crippen LogP contribution is -2.49. The van der Waals surface area contributed by atoms with Crippen molar-refractivity contribution in [3.8, 4) is 0 Å². The van der Waals surface area contributed by atoms with Crippen LogP contribution in [0.3, 0.4) is 0 Å². The molecule has 0 radical (unpaired) electrons. The van der Waals surface area contributed by atoms with E-state index < -0.39 is 0 Å². The molecule has 2 fully saturated rings. The summed E-state index contributed by atoms with van der Waals surface area (Å²) in [6.45, 7) is 5.02. The maximum atomic E-state index is 10.2. The van der Waals surface area contributed by atoms with E-state index in [1.807, 2.05) is 0 Å². The van der Waals surface area contributed by atoms with Crippen LogP contribution in [0.15, 0.2) is 35.9 Å². The molecule has 0 saturated heterocycles. The van der Waals surface area contributed by atoms with E-state index in [0.717, 1.165) is 47.9 Å². The fourth-order valence-corrected chi connectivity index (χ4v) is 7.86. The van der Waals surface area contributed by atoms with E-state index in [0.29, 0.717) is 11.2 Å². The Kier molecular flexibility index (Phi) is 3.88. The molecular weight excluding hydrogens is 370 g/mol. The minimum Gasteiger partial charge on any atom is -0.393 e. The molecule has 0 unspecified atom stereocenters. The fourth-order valence-electron chi connectivity index (χ4n) is 7.86. The summed E-state index contributed by atoms with van der Waals surface area (Å²) in [5.74, 6) is 2.83. The zero-order chi connectivity index (χ0) is 20.7. The molecule has 4 N–H and O–H groups in total. The number of aliphatic hydroxyl groups is 1. The predicted octanol–water partition coefficient (Wildman–Crippen LogP) is 5.46. The van der Waals surface area contributed by atoms with Crippen LogP contribution in [0.2, 0.25) is 0 Å². The lowest BCUT2D eigenvalue weighted by molar-refractivity contribution is -0.0238. The number of nitrogen functional groups attached to an aromatic ring is 1. The molecule has 4 aliphatic rings. The van der Waals surface area contributed by atoms with E-state index in [-0.39, 0.29) is 11.5 Å². The number of aliphatic hydroxyl groups excluding tert-OH is 1. The van der Waals surface area contributed by atoms with Crippen LogP contribution in [0.1, 0.15) is 64.4 Å². The molecule has 4 nitrogen and oxygen atoms in total. The molecule has 158 valence electrons. The highest BCUT2D eigenvalue weighted by Crippen LogP contribution is 2.66. The molecule has 1 aromatic heterocycles. The van der Waals surface area contributed by atoms with Gasteiger partial charge in [0.15, 0.2) is 5.82 Å². The molecule has 2 aromatic rings. The summed E-state index contributed by atoms with van der Waals surface area (Å²) in [5, 5.41) is 18.5. The normalized spacial score (nSPS) is 40.4. The number of aromatic amines is 1. The standard InChI is InChI=1S/C26H33N3O/c1-25-11-9-17(30)14-16(25)4-6-18-21-8-7-20(26(21,2)12-10-22(18)25)15-3-5-19-23(13-15)28-29-24(19)27/h3-5,7,13,17-18,21-22,30H,6,8-12,14H2,1-2H3,(H3,27,28,29)/t17-,18-,21-,22-,25-,26+/m0/s1. The average Bonchev–Trinajstić information content (AvgIpc) is 3.28. The molecule has 2 saturated carbocycles. The molecule has 6 atom stereocenters. The maximum absolute atomic E-state index is 10.2. The number of rotatable bonds is 1. The Balaban J connectivity index is 1.34. The van der Waals surface area contributed by atoms with Crippen LogP contribution < -0.4 is 5.73 Å². The van der Waals surface area contributed by atoms with E-state index in [4.69, 9.17) is 5.73 Å². The maximum Gasteiger partial charge on any atom is 0.153 e. The molecule has 0 spiro atoms. The highest BCUT2D eigenvalue weighted by molar-refractivity contribution is 5.91. The van der Waals surface area contributed by atoms with Crippen molar-refractivity contribution in [2.45, 2.75) is 64.9 Å². The SMILES string of the molecule is C[C@]12CC[C@H](O)CC1=CC[C@@H]1[C@@H]2CC[C@]2(C)C(c3ccc4c(N)n[nH]c4c3)=CC[C@@H]12. The van der Waals surface area contributed by atoms with E-state index >= 15 is 0 Å². The largest absolute Gasteiger partial charge is 0.393 e. The molecule has 0 amide bonds. The van der Waals surface area contributed by atoms with Gasteiger partial charge in [-0.05, 0) is 96.8 Å². The van der Waals surface area contributed by atoms with Crippen LogP contribution in [0.4, 0.5) is 5.82 Å². The van der Waals surface area contributed by atoms with Crippen LogP contribution >= 0.6 is 0 Å². The molecule has 1 aromatic carbocycles. The summed E-state index contributed by atoms with van der Waals surface area (Å²) in [6.07, 6.45) is 12.9. The van der Waals surface area contributed by atoms with Gasteiger partial charge in [0.1, 0.15) is 0 Å². The summed E-state index contributed by atoms with van der Waals surface area (Å²) in [5.41, 5.74) is 12.0. The van der Waals surface area contributed by atoms with Crippen LogP contribution in [-0.4, -0.2) is 21.4 Å². The number of fused-ring (bicyclic) bond motifs is 6. The zero-order valence-corrected chi connectivity index (χ0v) is 18.1. The van der Waals surface area contributed by atoms with E-state index in [1.165, 1.54) is 36.8 Å². The van der Waals surface area contributed by atoms with Crippen molar-refractivity contribution in [3.05, 3.63) is 41.5 Å². The number of nitrogens with two attached hydrogens (primary N) is 1. The average molecular weight is 404 g/mol. The second-order valence-electron chi connectivity index (χ2n) is 10.8. The van der Waals surface area contributed by atoms with Crippen LogP contribution in [0.5, 0.6) is 0 Å². The van der Waals surface area contributed by atoms with E-state index in [9.17, 15) is 5.11 Å². The van der Waals surface area contributed by atoms with E-state index in [1.54, 1.807) is 5.57 Å². The Morgan fingerprint density at radius 3 is 2.77 bits per heavy atom. The summed E-state index contributed by atoms with van der Waals surface area (Å²) in [7, 11) is 0. The zero-order valence-electron chi connectivity index (χ0n) is 18.1. The fraction of sp³-hybridized carbons (Fsp3) is 0.577. The second-order valence-corrected chi connectivity index (χ2v) is 10.8. The highest BCUT2D eigenvalue weighted by atomic mass is 16.3. The summed E-state index contributed by atoms with van der Waals surface area (Å²) in [4.78, 5) is 0. The summed E-state index contributed by atoms with van der Waals surface area (Å²) in [6, 6.07) is 6.60. The van der Waals surface area contributed by atoms with Gasteiger partial charge in [0.2, 0.25) is 0 Å². The Hall–Kier alpha value is -2.07. The number of hydrogen-bond donors (Lipinski definition) is 3. The number of nitrogens with zero attached hydrogens (tertiary/aromatic N) is 1. The van der Waals surface area contributed by atoms with Gasteiger partial charge in [-0.15, -0.1) is 0 Å². The summed E-state index contributed by atoms with van der Waals surface area (Å²) < 4.78 is 0. The first kappa shape index (κ1) is 18.7. The smallest absolute Gasteiger partial charge is 0.153 e. The van der Waals surface area contributed by atoms with Crippen LogP contribution in [0, 0.1) is 28.6 Å². The van der Waals surface area contributed by atoms with Crippen molar-refractivity contribution < 1.29 is 5.11 Å². The van der Waals surface area contributed by atoms with Crippen molar-refractivity contribution in [1.82, 2.24) is 10.2 Å². The third kappa shape index (κ3) is 2.40. The molecule has 1 heterocycles. The van der Waals surface area contributed by atoms with Crippen molar-refractivity contribution in [2.75, 3.05) is 5.73 Å². The first-order chi connectivity index (χ1) is 14.4. The minimum atomic E-state index is -0.124. The third-order valence-corrected chi connectivity index (χ3v) is 9.56. The number of allylic oxidation sites excluding steroid dienone is 3. The van der Waals surface area contributed by atoms with Gasteiger partial charge in [-0.25, -0.2) is 0 Å². The highest BCUT2D eigenvalue weighted by Gasteiger charge is 2.56. The Morgan fingerprint density at radius 2 is 1.90 bits per heavy atom. The molecular formula is C26H33N3O. The minimum absolute atomic E-state index is 0.124. The van der Waals surface area contributed by atoms with Crippen molar-refractivity contribution >= 4 is 22.3 Å². The lowest BCUT2D eigenvalue weighted by atomic mass is 9.47. The first-order valence-corrected chi connectivity index (χ1v) is 11.7. The number of nitrogens with one attached hydrogen (secondary N) is 1. The molecule has 0 bridgehead atoms. The second kappa shape index (κ2) is 6.23. The van der Waals surface area contributed by atoms with Gasteiger partial charge < -0.3 is 10.8 Å². The van der Waals surface area contributed by atoms with Gasteiger partial charge in [0.05, 0.1) is 11.6 Å². The number of aromatic nitrogens is 2. The lowest BCUT2D eigenvalue weighted by Gasteiger charge is -2.57. The van der Waals surface area contributed by atoms with Gasteiger partial charge >= 0.3 is 0 Å². The Morgan fingerprint density at radius 1 is 1.07 bits per heavy atom. The van der Waals surface area contributed by atoms with Crippen molar-refractivity contribution in [3.63, 3.8) is 0 Å². The van der Waals surface area contributed by atoms with Crippen molar-refractivity contribution in [1.29, 1.82) is 0 Å². The molecule has 4 aliphatic carbocycles. The molecule has 4 heteroatoms. The van der Waals surface area contributed by atoms with Crippen molar-refractivity contribution in [2.24, 2.45) is 28.6 Å². The topological polar surface area (TPSA) is 74.9 Å². The molecule has 6 rings (SSSR count). The quantitative estimate of drug-likeness (QED) is 0.553. The van der Waals surface area contributed by atoms with Crippen LogP contribution in [-0.2, 0) is 0 Å².